The van der Waals surface area contributed by atoms with E-state index in [9.17, 15) is 9.59 Å². The molecule has 5 nitrogen and oxygen atoms in total. The normalized spacial score (nSPS) is 10.5. The Morgan fingerprint density at radius 3 is 1.79 bits per heavy atom. The van der Waals surface area contributed by atoms with Crippen molar-refractivity contribution >= 4 is 11.9 Å². The molecule has 19 heavy (non-hydrogen) atoms. The molecule has 0 aromatic carbocycles. The molecule has 112 valence electrons. The van der Waals surface area contributed by atoms with Crippen LogP contribution in [0.2, 0.25) is 0 Å². The van der Waals surface area contributed by atoms with Crippen molar-refractivity contribution < 1.29 is 19.1 Å². The lowest BCUT2D eigenvalue weighted by Crippen LogP contribution is -2.36. The Hall–Kier alpha value is -1.10. The van der Waals surface area contributed by atoms with Gasteiger partial charge >= 0.3 is 11.9 Å². The summed E-state index contributed by atoms with van der Waals surface area (Å²) in [6.07, 6.45) is 4.42. The van der Waals surface area contributed by atoms with Crippen LogP contribution in [0.1, 0.15) is 46.5 Å². The van der Waals surface area contributed by atoms with Gasteiger partial charge in [-0.05, 0) is 26.8 Å². The van der Waals surface area contributed by atoms with E-state index in [1.165, 1.54) is 6.42 Å². The molecule has 0 N–H and O–H groups in total. The van der Waals surface area contributed by atoms with Crippen molar-refractivity contribution in [3.63, 3.8) is 0 Å². The first-order chi connectivity index (χ1) is 9.13. The van der Waals surface area contributed by atoms with Gasteiger partial charge in [0.05, 0.1) is 26.3 Å². The van der Waals surface area contributed by atoms with E-state index in [0.717, 1.165) is 25.8 Å². The number of carbonyl (C=O) groups is 2. The first-order valence-electron chi connectivity index (χ1n) is 7.17. The fraction of sp³-hybridized carbons (Fsp3) is 0.857. The lowest BCUT2D eigenvalue weighted by Gasteiger charge is -2.20. The summed E-state index contributed by atoms with van der Waals surface area (Å²) in [5, 5.41) is 0. The van der Waals surface area contributed by atoms with Crippen LogP contribution >= 0.6 is 0 Å². The number of rotatable bonds is 11. The first kappa shape index (κ1) is 17.9. The molecule has 0 rings (SSSR count). The minimum Gasteiger partial charge on any atom is -0.465 e. The van der Waals surface area contributed by atoms with Gasteiger partial charge in [0.1, 0.15) is 0 Å². The van der Waals surface area contributed by atoms with Gasteiger partial charge in [-0.25, -0.2) is 0 Å². The summed E-state index contributed by atoms with van der Waals surface area (Å²) >= 11 is 0. The van der Waals surface area contributed by atoms with Gasteiger partial charge in [-0.2, -0.15) is 0 Å². The monoisotopic (exact) mass is 273 g/mol. The van der Waals surface area contributed by atoms with Crippen molar-refractivity contribution in [3.8, 4) is 0 Å². The Balaban J connectivity index is 4.13. The molecule has 0 radical (unpaired) electrons. The van der Waals surface area contributed by atoms with Crippen LogP contribution in [0, 0.1) is 0 Å². The molecule has 0 aromatic rings. The number of nitrogens with zero attached hydrogens (tertiary/aromatic N) is 1. The summed E-state index contributed by atoms with van der Waals surface area (Å²) in [7, 11) is 0. The third-order valence-corrected chi connectivity index (χ3v) is 2.64. The third kappa shape index (κ3) is 10.5. The van der Waals surface area contributed by atoms with Gasteiger partial charge in [-0.3, -0.25) is 14.5 Å². The highest BCUT2D eigenvalue weighted by atomic mass is 16.5. The van der Waals surface area contributed by atoms with E-state index in [1.54, 1.807) is 18.7 Å². The highest BCUT2D eigenvalue weighted by Crippen LogP contribution is 2.02. The number of carbonyl (C=O) groups excluding carboxylic acids is 2. The van der Waals surface area contributed by atoms with Crippen LogP contribution in [-0.4, -0.2) is 49.7 Å². The highest BCUT2D eigenvalue weighted by Gasteiger charge is 2.15. The fourth-order valence-corrected chi connectivity index (χ4v) is 1.75. The fourth-order valence-electron chi connectivity index (χ4n) is 1.75. The Kier molecular flexibility index (Phi) is 11.3. The van der Waals surface area contributed by atoms with Gasteiger partial charge in [0.25, 0.3) is 0 Å². The van der Waals surface area contributed by atoms with Gasteiger partial charge in [-0.1, -0.05) is 26.2 Å². The molecule has 0 unspecified atom stereocenters. The van der Waals surface area contributed by atoms with E-state index >= 15 is 0 Å². The van der Waals surface area contributed by atoms with Crippen molar-refractivity contribution in [3.05, 3.63) is 0 Å². The maximum absolute atomic E-state index is 11.5. The highest BCUT2D eigenvalue weighted by molar-refractivity contribution is 5.75. The molecular weight excluding hydrogens is 246 g/mol. The molecule has 5 heteroatoms. The van der Waals surface area contributed by atoms with Gasteiger partial charge in [-0.15, -0.1) is 0 Å². The molecular formula is C14H27NO4. The van der Waals surface area contributed by atoms with Gasteiger partial charge in [0.2, 0.25) is 0 Å². The Morgan fingerprint density at radius 1 is 0.842 bits per heavy atom. The molecule has 0 saturated carbocycles. The van der Waals surface area contributed by atoms with E-state index < -0.39 is 0 Å². The Bertz CT molecular complexity index is 236. The number of hydrogen-bond acceptors (Lipinski definition) is 5. The summed E-state index contributed by atoms with van der Waals surface area (Å²) in [4.78, 5) is 24.7. The summed E-state index contributed by atoms with van der Waals surface area (Å²) in [5.41, 5.74) is 0. The summed E-state index contributed by atoms with van der Waals surface area (Å²) in [6.45, 7) is 7.44. The standard InChI is InChI=1S/C14H27NO4/c1-4-7-8-9-10-15(11-13(16)18-5-2)12-14(17)19-6-3/h4-12H2,1-3H3. The molecule has 0 fully saturated rings. The van der Waals surface area contributed by atoms with Crippen molar-refractivity contribution in [2.24, 2.45) is 0 Å². The minimum atomic E-state index is -0.290. The predicted octanol–water partition coefficient (Wildman–Crippen LogP) is 1.99. The number of unbranched alkanes of at least 4 members (excludes halogenated alkanes) is 3. The maximum Gasteiger partial charge on any atom is 0.320 e. The second kappa shape index (κ2) is 12.0. The lowest BCUT2D eigenvalue weighted by molar-refractivity contribution is -0.148. The molecule has 0 bridgehead atoms. The van der Waals surface area contributed by atoms with Crippen LogP contribution in [0.25, 0.3) is 0 Å². The molecule has 0 aliphatic carbocycles. The van der Waals surface area contributed by atoms with Crippen LogP contribution in [0.5, 0.6) is 0 Å². The number of esters is 2. The molecule has 0 aromatic heterocycles. The largest absolute Gasteiger partial charge is 0.465 e. The van der Waals surface area contributed by atoms with Crippen molar-refractivity contribution in [2.75, 3.05) is 32.8 Å². The quantitative estimate of drug-likeness (QED) is 0.426. The van der Waals surface area contributed by atoms with E-state index in [1.807, 2.05) is 0 Å². The molecule has 0 aliphatic rings. The van der Waals surface area contributed by atoms with Crippen molar-refractivity contribution in [1.82, 2.24) is 4.90 Å². The molecule has 0 aliphatic heterocycles. The smallest absolute Gasteiger partial charge is 0.320 e. The SMILES string of the molecule is CCCCCCN(CC(=O)OCC)CC(=O)OCC. The number of hydrogen-bond donors (Lipinski definition) is 0. The zero-order chi connectivity index (χ0) is 14.5. The average Bonchev–Trinajstić information content (AvgIpc) is 2.35. The van der Waals surface area contributed by atoms with Gasteiger partial charge in [0, 0.05) is 0 Å². The van der Waals surface area contributed by atoms with E-state index in [2.05, 4.69) is 6.92 Å². The predicted molar refractivity (Wildman–Crippen MR) is 73.8 cm³/mol. The Labute approximate surface area is 116 Å². The third-order valence-electron chi connectivity index (χ3n) is 2.64. The summed E-state index contributed by atoms with van der Waals surface area (Å²) < 4.78 is 9.82. The molecule has 0 saturated heterocycles. The molecule has 0 atom stereocenters. The molecule has 0 amide bonds. The summed E-state index contributed by atoms with van der Waals surface area (Å²) in [5.74, 6) is -0.579. The zero-order valence-electron chi connectivity index (χ0n) is 12.4. The van der Waals surface area contributed by atoms with Gasteiger partial charge in [0.15, 0.2) is 0 Å². The second-order valence-electron chi connectivity index (χ2n) is 4.38. The topological polar surface area (TPSA) is 55.8 Å². The van der Waals surface area contributed by atoms with E-state index in [0.29, 0.717) is 13.2 Å². The zero-order valence-corrected chi connectivity index (χ0v) is 12.4. The second-order valence-corrected chi connectivity index (χ2v) is 4.38. The average molecular weight is 273 g/mol. The van der Waals surface area contributed by atoms with E-state index in [-0.39, 0.29) is 25.0 Å². The Morgan fingerprint density at radius 2 is 1.37 bits per heavy atom. The lowest BCUT2D eigenvalue weighted by atomic mass is 10.2. The van der Waals surface area contributed by atoms with Crippen LogP contribution in [0.3, 0.4) is 0 Å². The van der Waals surface area contributed by atoms with Crippen molar-refractivity contribution in [1.29, 1.82) is 0 Å². The van der Waals surface area contributed by atoms with Crippen LogP contribution in [0.15, 0.2) is 0 Å². The van der Waals surface area contributed by atoms with Gasteiger partial charge < -0.3 is 9.47 Å². The minimum absolute atomic E-state index is 0.152. The van der Waals surface area contributed by atoms with E-state index in [4.69, 9.17) is 9.47 Å². The van der Waals surface area contributed by atoms with Crippen LogP contribution in [-0.2, 0) is 19.1 Å². The first-order valence-corrected chi connectivity index (χ1v) is 7.17. The maximum atomic E-state index is 11.5. The summed E-state index contributed by atoms with van der Waals surface area (Å²) in [6, 6.07) is 0. The number of ether oxygens (including phenoxy) is 2. The van der Waals surface area contributed by atoms with Crippen molar-refractivity contribution in [2.45, 2.75) is 46.5 Å². The van der Waals surface area contributed by atoms with Crippen LogP contribution < -0.4 is 0 Å². The van der Waals surface area contributed by atoms with Crippen LogP contribution in [0.4, 0.5) is 0 Å². The molecule has 0 heterocycles. The molecule has 0 spiro atoms.